The van der Waals surface area contributed by atoms with Crippen molar-refractivity contribution in [2.75, 3.05) is 6.61 Å². The van der Waals surface area contributed by atoms with Gasteiger partial charge in [-0.15, -0.1) is 0 Å². The van der Waals surface area contributed by atoms with Crippen LogP contribution in [0.1, 0.15) is 16.1 Å². The van der Waals surface area contributed by atoms with Gasteiger partial charge >= 0.3 is 0 Å². The average molecular weight is 244 g/mol. The van der Waals surface area contributed by atoms with Crippen LogP contribution in [0.2, 0.25) is 0 Å². The van der Waals surface area contributed by atoms with E-state index in [2.05, 4.69) is 10.3 Å². The Hall–Kier alpha value is -2.07. The average Bonchev–Trinajstić information content (AvgIpc) is 2.93. The van der Waals surface area contributed by atoms with Crippen LogP contribution in [0.25, 0.3) is 0 Å². The number of hydrogen-bond donors (Lipinski definition) is 3. The predicted molar refractivity (Wildman–Crippen MR) is 69.3 cm³/mol. The number of aliphatic hydroxyl groups is 1. The molecule has 4 nitrogen and oxygen atoms in total. The molecule has 0 aliphatic rings. The second kappa shape index (κ2) is 6.02. The maximum atomic E-state index is 11.8. The van der Waals surface area contributed by atoms with Crippen LogP contribution in [-0.2, 0) is 6.42 Å². The van der Waals surface area contributed by atoms with Gasteiger partial charge in [-0.1, -0.05) is 30.3 Å². The number of hydrogen-bond acceptors (Lipinski definition) is 2. The predicted octanol–water partition coefficient (Wildman–Crippen LogP) is 1.35. The van der Waals surface area contributed by atoms with E-state index in [1.165, 1.54) is 0 Å². The molecule has 0 fully saturated rings. The van der Waals surface area contributed by atoms with Crippen molar-refractivity contribution in [3.05, 3.63) is 59.9 Å². The molecule has 2 rings (SSSR count). The topological polar surface area (TPSA) is 65.1 Å². The molecule has 0 saturated carbocycles. The van der Waals surface area contributed by atoms with E-state index < -0.39 is 0 Å². The number of nitrogens with one attached hydrogen (secondary N) is 2. The molecule has 2 aromatic rings. The van der Waals surface area contributed by atoms with Crippen molar-refractivity contribution in [1.29, 1.82) is 0 Å². The van der Waals surface area contributed by atoms with Crippen LogP contribution in [0.4, 0.5) is 0 Å². The second-order valence-corrected chi connectivity index (χ2v) is 4.13. The van der Waals surface area contributed by atoms with E-state index in [9.17, 15) is 9.90 Å². The highest BCUT2D eigenvalue weighted by molar-refractivity contribution is 5.92. The molecular weight excluding hydrogens is 228 g/mol. The number of aliphatic hydroxyl groups excluding tert-OH is 1. The maximum Gasteiger partial charge on any atom is 0.267 e. The zero-order valence-corrected chi connectivity index (χ0v) is 9.97. The zero-order valence-electron chi connectivity index (χ0n) is 9.97. The normalized spacial score (nSPS) is 12.1. The van der Waals surface area contributed by atoms with E-state index in [-0.39, 0.29) is 18.6 Å². The number of amides is 1. The fraction of sp³-hybridized carbons (Fsp3) is 0.214. The Balaban J connectivity index is 1.96. The molecule has 0 unspecified atom stereocenters. The van der Waals surface area contributed by atoms with Gasteiger partial charge < -0.3 is 15.4 Å². The molecule has 0 aliphatic heterocycles. The minimum absolute atomic E-state index is 0.0820. The highest BCUT2D eigenvalue weighted by Gasteiger charge is 2.13. The zero-order chi connectivity index (χ0) is 12.8. The van der Waals surface area contributed by atoms with Crippen LogP contribution in [0.5, 0.6) is 0 Å². The Kier molecular flexibility index (Phi) is 4.15. The van der Waals surface area contributed by atoms with Crippen molar-refractivity contribution in [3.8, 4) is 0 Å². The number of rotatable bonds is 5. The molecule has 1 aromatic carbocycles. The van der Waals surface area contributed by atoms with E-state index in [1.54, 1.807) is 18.3 Å². The van der Waals surface area contributed by atoms with Crippen molar-refractivity contribution < 1.29 is 9.90 Å². The van der Waals surface area contributed by atoms with E-state index >= 15 is 0 Å². The summed E-state index contributed by atoms with van der Waals surface area (Å²) in [4.78, 5) is 14.6. The maximum absolute atomic E-state index is 11.8. The summed E-state index contributed by atoms with van der Waals surface area (Å²) < 4.78 is 0. The van der Waals surface area contributed by atoms with Gasteiger partial charge in [0, 0.05) is 6.20 Å². The molecule has 94 valence electrons. The van der Waals surface area contributed by atoms with Crippen LogP contribution in [-0.4, -0.2) is 28.6 Å². The lowest BCUT2D eigenvalue weighted by Crippen LogP contribution is -2.39. The quantitative estimate of drug-likeness (QED) is 0.743. The summed E-state index contributed by atoms with van der Waals surface area (Å²) in [5.41, 5.74) is 1.59. The number of carbonyl (C=O) groups is 1. The van der Waals surface area contributed by atoms with Crippen molar-refractivity contribution in [3.63, 3.8) is 0 Å². The van der Waals surface area contributed by atoms with Crippen LogP contribution >= 0.6 is 0 Å². The van der Waals surface area contributed by atoms with E-state index in [1.807, 2.05) is 30.3 Å². The van der Waals surface area contributed by atoms with Gasteiger partial charge in [-0.3, -0.25) is 4.79 Å². The van der Waals surface area contributed by atoms with Crippen LogP contribution < -0.4 is 5.32 Å². The van der Waals surface area contributed by atoms with Gasteiger partial charge in [-0.25, -0.2) is 0 Å². The van der Waals surface area contributed by atoms with E-state index in [0.29, 0.717) is 12.1 Å². The van der Waals surface area contributed by atoms with Crippen molar-refractivity contribution in [2.45, 2.75) is 12.5 Å². The lowest BCUT2D eigenvalue weighted by Gasteiger charge is -2.15. The summed E-state index contributed by atoms with van der Waals surface area (Å²) in [5.74, 6) is -0.199. The fourth-order valence-corrected chi connectivity index (χ4v) is 1.79. The summed E-state index contributed by atoms with van der Waals surface area (Å²) in [7, 11) is 0. The molecule has 0 bridgehead atoms. The molecular formula is C14H16N2O2. The van der Waals surface area contributed by atoms with E-state index in [4.69, 9.17) is 0 Å². The number of benzene rings is 1. The van der Waals surface area contributed by atoms with Gasteiger partial charge in [0.1, 0.15) is 5.69 Å². The Bertz CT molecular complexity index is 480. The SMILES string of the molecule is O=C(N[C@@H](CO)Cc1ccccc1)c1ccc[nH]1. The third kappa shape index (κ3) is 3.21. The van der Waals surface area contributed by atoms with E-state index in [0.717, 1.165) is 5.56 Å². The van der Waals surface area contributed by atoms with Crippen LogP contribution in [0, 0.1) is 0 Å². The first kappa shape index (κ1) is 12.4. The summed E-state index contributed by atoms with van der Waals surface area (Å²) in [6, 6.07) is 13.0. The lowest BCUT2D eigenvalue weighted by molar-refractivity contribution is 0.0912. The molecule has 0 aliphatic carbocycles. The Labute approximate surface area is 106 Å². The van der Waals surface area contributed by atoms with Gasteiger partial charge in [-0.2, -0.15) is 0 Å². The number of aromatic amines is 1. The monoisotopic (exact) mass is 244 g/mol. The summed E-state index contributed by atoms with van der Waals surface area (Å²) in [6.07, 6.45) is 2.31. The van der Waals surface area contributed by atoms with Gasteiger partial charge in [-0.05, 0) is 24.1 Å². The van der Waals surface area contributed by atoms with Crippen LogP contribution in [0.15, 0.2) is 48.7 Å². The van der Waals surface area contributed by atoms with Gasteiger partial charge in [0.05, 0.1) is 12.6 Å². The first-order chi connectivity index (χ1) is 8.79. The van der Waals surface area contributed by atoms with Crippen LogP contribution in [0.3, 0.4) is 0 Å². The molecule has 4 heteroatoms. The molecule has 1 aromatic heterocycles. The first-order valence-electron chi connectivity index (χ1n) is 5.88. The second-order valence-electron chi connectivity index (χ2n) is 4.13. The van der Waals surface area contributed by atoms with Gasteiger partial charge in [0.2, 0.25) is 0 Å². The molecule has 0 spiro atoms. The molecule has 0 saturated heterocycles. The molecule has 0 radical (unpaired) electrons. The third-order valence-electron chi connectivity index (χ3n) is 2.72. The minimum atomic E-state index is -0.275. The summed E-state index contributed by atoms with van der Waals surface area (Å²) in [5, 5.41) is 12.1. The number of H-pyrrole nitrogens is 1. The van der Waals surface area contributed by atoms with Crippen molar-refractivity contribution in [2.24, 2.45) is 0 Å². The fourth-order valence-electron chi connectivity index (χ4n) is 1.79. The lowest BCUT2D eigenvalue weighted by atomic mass is 10.1. The molecule has 1 heterocycles. The van der Waals surface area contributed by atoms with Gasteiger partial charge in [0.15, 0.2) is 0 Å². The third-order valence-corrected chi connectivity index (χ3v) is 2.72. The number of aromatic nitrogens is 1. The first-order valence-corrected chi connectivity index (χ1v) is 5.88. The molecule has 3 N–H and O–H groups in total. The largest absolute Gasteiger partial charge is 0.394 e. The Morgan fingerprint density at radius 2 is 2.00 bits per heavy atom. The number of carbonyl (C=O) groups excluding carboxylic acids is 1. The highest BCUT2D eigenvalue weighted by atomic mass is 16.3. The summed E-state index contributed by atoms with van der Waals surface area (Å²) >= 11 is 0. The standard InChI is InChI=1S/C14H16N2O2/c17-10-12(9-11-5-2-1-3-6-11)16-14(18)13-7-4-8-15-13/h1-8,12,15,17H,9-10H2,(H,16,18)/t12-/m1/s1. The molecule has 1 amide bonds. The Morgan fingerprint density at radius 1 is 1.22 bits per heavy atom. The molecule has 1 atom stereocenters. The highest BCUT2D eigenvalue weighted by Crippen LogP contribution is 2.04. The van der Waals surface area contributed by atoms with Gasteiger partial charge in [0.25, 0.3) is 5.91 Å². The molecule has 18 heavy (non-hydrogen) atoms. The van der Waals surface area contributed by atoms with Crippen molar-refractivity contribution >= 4 is 5.91 Å². The van der Waals surface area contributed by atoms with Crippen molar-refractivity contribution in [1.82, 2.24) is 10.3 Å². The smallest absolute Gasteiger partial charge is 0.267 e. The Morgan fingerprint density at radius 3 is 2.61 bits per heavy atom. The minimum Gasteiger partial charge on any atom is -0.394 e. The summed E-state index contributed by atoms with van der Waals surface area (Å²) in [6.45, 7) is -0.0820.